The van der Waals surface area contributed by atoms with E-state index in [1.807, 2.05) is 69.4 Å². The van der Waals surface area contributed by atoms with Crippen molar-refractivity contribution in [3.05, 3.63) is 83.6 Å². The van der Waals surface area contributed by atoms with E-state index in [-0.39, 0.29) is 35.3 Å². The second-order valence-corrected chi connectivity index (χ2v) is 19.9. The zero-order chi connectivity index (χ0) is 44.9. The van der Waals surface area contributed by atoms with Gasteiger partial charge >= 0.3 is 12.2 Å². The molecule has 0 spiro atoms. The van der Waals surface area contributed by atoms with Crippen LogP contribution >= 0.6 is 33.2 Å². The van der Waals surface area contributed by atoms with Crippen LogP contribution in [-0.2, 0) is 9.53 Å². The highest BCUT2D eigenvalue weighted by atomic mass is 35.5. The Morgan fingerprint density at radius 3 is 2.47 bits per heavy atom. The summed E-state index contributed by atoms with van der Waals surface area (Å²) in [6, 6.07) is 18.1. The zero-order valence-corrected chi connectivity index (χ0v) is 38.8. The van der Waals surface area contributed by atoms with Gasteiger partial charge in [0.05, 0.1) is 29.6 Å². The molecule has 4 aliphatic heterocycles. The number of hydrogen-bond acceptors (Lipinski definition) is 12. The lowest BCUT2D eigenvalue weighted by molar-refractivity contribution is -0.118. The highest BCUT2D eigenvalue weighted by Gasteiger charge is 2.45. The average molecular weight is 932 g/mol. The van der Waals surface area contributed by atoms with Crippen molar-refractivity contribution in [2.24, 2.45) is 0 Å². The van der Waals surface area contributed by atoms with Gasteiger partial charge in [-0.15, -0.1) is 11.6 Å². The van der Waals surface area contributed by atoms with E-state index in [0.29, 0.717) is 87.8 Å². The van der Waals surface area contributed by atoms with Crippen molar-refractivity contribution in [2.75, 3.05) is 75.2 Å². The highest BCUT2D eigenvalue weighted by molar-refractivity contribution is 8.76. The third kappa shape index (κ3) is 9.91. The number of carbonyl (C=O) groups is 4. The van der Waals surface area contributed by atoms with Crippen molar-refractivity contribution in [2.45, 2.75) is 80.8 Å². The number of ether oxygens (including phenoxy) is 3. The molecule has 340 valence electrons. The maximum Gasteiger partial charge on any atom is 0.416 e. The molecule has 0 aliphatic carbocycles. The summed E-state index contributed by atoms with van der Waals surface area (Å²) in [6.45, 7) is 7.88. The number of hydrogen-bond donors (Lipinski definition) is 1. The molecule has 4 aliphatic rings. The number of halogens is 1. The Morgan fingerprint density at radius 1 is 0.938 bits per heavy atom. The van der Waals surface area contributed by atoms with Gasteiger partial charge < -0.3 is 38.9 Å². The van der Waals surface area contributed by atoms with E-state index >= 15 is 0 Å². The molecule has 64 heavy (non-hydrogen) atoms. The van der Waals surface area contributed by atoms with Gasteiger partial charge in [0.1, 0.15) is 23.1 Å². The third-order valence-corrected chi connectivity index (χ3v) is 15.5. The van der Waals surface area contributed by atoms with Gasteiger partial charge in [0.25, 0.3) is 5.91 Å². The van der Waals surface area contributed by atoms with Crippen LogP contribution in [0.3, 0.4) is 0 Å². The number of carbonyl (C=O) groups excluding carboxylic acids is 4. The average Bonchev–Trinajstić information content (AvgIpc) is 3.94. The number of aromatic nitrogens is 1. The number of anilines is 2. The monoisotopic (exact) mass is 930 g/mol. The van der Waals surface area contributed by atoms with Gasteiger partial charge in [0.2, 0.25) is 5.91 Å². The molecule has 3 aromatic carbocycles. The molecule has 0 saturated carbocycles. The van der Waals surface area contributed by atoms with Crippen LogP contribution in [0.15, 0.2) is 71.9 Å². The highest BCUT2D eigenvalue weighted by Crippen LogP contribution is 2.46. The summed E-state index contributed by atoms with van der Waals surface area (Å²) in [5.41, 5.74) is 3.01. The Bertz CT molecular complexity index is 2350. The predicted molar refractivity (Wildman–Crippen MR) is 251 cm³/mol. The smallest absolute Gasteiger partial charge is 0.416 e. The number of amides is 4. The van der Waals surface area contributed by atoms with E-state index in [4.69, 9.17) is 25.8 Å². The second-order valence-electron chi connectivity index (χ2n) is 16.9. The summed E-state index contributed by atoms with van der Waals surface area (Å²) in [7, 11) is 5.05. The number of aryl methyl sites for hydroxylation is 1. The second kappa shape index (κ2) is 20.6. The van der Waals surface area contributed by atoms with E-state index < -0.39 is 24.5 Å². The van der Waals surface area contributed by atoms with Crippen molar-refractivity contribution < 1.29 is 38.5 Å². The minimum Gasteiger partial charge on any atom is -0.493 e. The van der Waals surface area contributed by atoms with Crippen LogP contribution in [-0.4, -0.2) is 132 Å². The number of nitrogens with zero attached hydrogens (tertiary/aromatic N) is 6. The third-order valence-electron chi connectivity index (χ3n) is 12.4. The van der Waals surface area contributed by atoms with Crippen LogP contribution in [0.1, 0.15) is 72.9 Å². The fraction of sp³-hybridized carbons (Fsp3) is 0.468. The van der Waals surface area contributed by atoms with E-state index in [1.165, 1.54) is 26.5 Å². The summed E-state index contributed by atoms with van der Waals surface area (Å²) >= 11 is 6.52. The lowest BCUT2D eigenvalue weighted by Crippen LogP contribution is -2.51. The number of unbranched alkanes of at least 4 members (excludes halogenated alkanes) is 2. The Kier molecular flexibility index (Phi) is 14.8. The van der Waals surface area contributed by atoms with Crippen molar-refractivity contribution in [3.8, 4) is 11.5 Å². The number of pyridine rings is 1. The van der Waals surface area contributed by atoms with Crippen LogP contribution in [0.2, 0.25) is 0 Å². The molecule has 1 aromatic heterocycles. The standard InChI is InChI=1S/C47H55ClN6O8S2/c1-30-24-35-37(54(45(57)36-14-11-18-52(36)44(35)56)47(59)61-29-31(2)63-64-41-15-8-9-17-49-41)25-39(30)60-23-10-4-5-16-42(55)53-28-32(27-48)43-34-13-7-6-12-33(34)40(26-38(43)53)62-46(58)51-21-19-50(3)20-22-51/h6-9,12-13,15,17,24-26,31-32,36,45,57H,4-5,10-11,14,16,18-23,27-29H2,1-3H3/t31?,32-,36+,45?/m1/s1. The molecule has 4 aromatic rings. The Hall–Kier alpha value is -4.74. The summed E-state index contributed by atoms with van der Waals surface area (Å²) in [4.78, 5) is 67.8. The minimum absolute atomic E-state index is 0.0290. The molecule has 1 N–H and O–H groups in total. The van der Waals surface area contributed by atoms with Crippen LogP contribution < -0.4 is 19.3 Å². The summed E-state index contributed by atoms with van der Waals surface area (Å²) in [5, 5.41) is 14.2. The Labute approximate surface area is 386 Å². The first-order valence-electron chi connectivity index (χ1n) is 22.1. The number of likely N-dealkylation sites (N-methyl/N-ethyl adjacent to an activating group) is 1. The van der Waals surface area contributed by atoms with Crippen LogP contribution in [0.5, 0.6) is 11.5 Å². The van der Waals surface area contributed by atoms with Crippen LogP contribution in [0.25, 0.3) is 10.8 Å². The van der Waals surface area contributed by atoms with Crippen molar-refractivity contribution >= 4 is 79.3 Å². The number of aliphatic hydroxyl groups is 1. The first-order valence-corrected chi connectivity index (χ1v) is 24.8. The summed E-state index contributed by atoms with van der Waals surface area (Å²) in [6.07, 6.45) is 2.86. The largest absolute Gasteiger partial charge is 0.493 e. The van der Waals surface area contributed by atoms with E-state index in [9.17, 15) is 24.3 Å². The topological polar surface area (TPSA) is 145 Å². The Morgan fingerprint density at radius 2 is 1.70 bits per heavy atom. The molecule has 8 rings (SSSR count). The molecular formula is C47H55ClN6O8S2. The maximum atomic E-state index is 13.9. The molecule has 2 unspecified atom stereocenters. The van der Waals surface area contributed by atoms with E-state index in [2.05, 4.69) is 9.88 Å². The molecule has 2 saturated heterocycles. The van der Waals surface area contributed by atoms with Crippen LogP contribution in [0, 0.1) is 6.92 Å². The lowest BCUT2D eigenvalue weighted by Gasteiger charge is -2.32. The van der Waals surface area contributed by atoms with Gasteiger partial charge in [0.15, 0.2) is 6.23 Å². The molecule has 17 heteroatoms. The SMILES string of the molecule is Cc1cc2c(cc1OCCCCCC(=O)N1C[C@@H](CCl)c3c1cc(OC(=O)N1CCN(C)CC1)c1ccccc31)N(C(=O)OCC(C)SSc1ccccn1)C(O)[C@@H]1CCCN1C2=O. The molecule has 5 heterocycles. The van der Waals surface area contributed by atoms with Crippen molar-refractivity contribution in [1.82, 2.24) is 19.7 Å². The Balaban J connectivity index is 0.895. The molecule has 2 fully saturated rings. The van der Waals surface area contributed by atoms with Gasteiger partial charge in [-0.05, 0) is 98.5 Å². The minimum atomic E-state index is -1.30. The van der Waals surface area contributed by atoms with E-state index in [0.717, 1.165) is 52.1 Å². The first kappa shape index (κ1) is 45.8. The van der Waals surface area contributed by atoms with Gasteiger partial charge in [-0.25, -0.2) is 19.5 Å². The first-order chi connectivity index (χ1) is 31.0. The maximum absolute atomic E-state index is 13.9. The number of aliphatic hydroxyl groups excluding tert-OH is 1. The van der Waals surface area contributed by atoms with Crippen molar-refractivity contribution in [3.63, 3.8) is 0 Å². The number of rotatable bonds is 14. The fourth-order valence-corrected chi connectivity index (χ4v) is 11.1. The number of benzene rings is 3. The van der Waals surface area contributed by atoms with Gasteiger partial charge in [-0.3, -0.25) is 9.59 Å². The van der Waals surface area contributed by atoms with Gasteiger partial charge in [-0.2, -0.15) is 0 Å². The zero-order valence-electron chi connectivity index (χ0n) is 36.4. The normalized spacial score (nSPS) is 20.1. The summed E-state index contributed by atoms with van der Waals surface area (Å²) < 4.78 is 18.1. The quantitative estimate of drug-likeness (QED) is 0.0738. The lowest BCUT2D eigenvalue weighted by atomic mass is 9.95. The summed E-state index contributed by atoms with van der Waals surface area (Å²) in [5.74, 6) is 0.922. The molecule has 0 bridgehead atoms. The van der Waals surface area contributed by atoms with Gasteiger partial charge in [0, 0.05) is 86.5 Å². The molecule has 4 amide bonds. The van der Waals surface area contributed by atoms with Crippen LogP contribution in [0.4, 0.5) is 21.0 Å². The number of piperazine rings is 1. The molecule has 14 nitrogen and oxygen atoms in total. The number of alkyl halides is 1. The van der Waals surface area contributed by atoms with Gasteiger partial charge in [-0.1, -0.05) is 41.1 Å². The number of fused-ring (bicyclic) bond motifs is 5. The fourth-order valence-electron chi connectivity index (χ4n) is 8.93. The molecular weight excluding hydrogens is 876 g/mol. The molecule has 0 radical (unpaired) electrons. The van der Waals surface area contributed by atoms with Crippen molar-refractivity contribution in [1.29, 1.82) is 0 Å². The molecule has 4 atom stereocenters. The predicted octanol–water partition coefficient (Wildman–Crippen LogP) is 8.31. The van der Waals surface area contributed by atoms with E-state index in [1.54, 1.807) is 33.0 Å².